The predicted octanol–water partition coefficient (Wildman–Crippen LogP) is 1.29. The largest absolute Gasteiger partial charge is 0.481 e. The van der Waals surface area contributed by atoms with Crippen LogP contribution in [0.4, 0.5) is 0 Å². The summed E-state index contributed by atoms with van der Waals surface area (Å²) in [4.78, 5) is 21.2. The van der Waals surface area contributed by atoms with Gasteiger partial charge in [-0.25, -0.2) is 0 Å². The van der Waals surface area contributed by atoms with Crippen LogP contribution < -0.4 is 0 Å². The van der Waals surface area contributed by atoms with Crippen molar-refractivity contribution >= 4 is 23.7 Å². The molecule has 0 radical (unpaired) electrons. The number of carboxylic acids is 2. The minimum Gasteiger partial charge on any atom is -0.481 e. The standard InChI is InChI=1S/C11H20O6S/c1-3-16-8(2)17-4-5-18-7-9(11(14)15)6-10(12)13/h8-9H,3-7H2,1-2H3,(H,12,13)(H,14,15). The first-order valence-electron chi connectivity index (χ1n) is 5.72. The number of carbonyl (C=O) groups is 2. The molecule has 0 amide bonds. The molecule has 0 aliphatic carbocycles. The van der Waals surface area contributed by atoms with E-state index in [1.54, 1.807) is 6.92 Å². The van der Waals surface area contributed by atoms with E-state index in [-0.39, 0.29) is 18.5 Å². The molecular formula is C11H20O6S. The molecule has 6 nitrogen and oxygen atoms in total. The molecule has 0 aliphatic heterocycles. The number of carboxylic acid groups (broad SMARTS) is 2. The number of rotatable bonds is 11. The van der Waals surface area contributed by atoms with Crippen molar-refractivity contribution in [3.05, 3.63) is 0 Å². The number of thioether (sulfide) groups is 1. The molecule has 7 heteroatoms. The Morgan fingerprint density at radius 3 is 2.44 bits per heavy atom. The van der Waals surface area contributed by atoms with E-state index in [0.29, 0.717) is 19.0 Å². The maximum Gasteiger partial charge on any atom is 0.307 e. The number of hydrogen-bond donors (Lipinski definition) is 2. The van der Waals surface area contributed by atoms with Crippen molar-refractivity contribution in [1.29, 1.82) is 0 Å². The van der Waals surface area contributed by atoms with Crippen molar-refractivity contribution in [3.63, 3.8) is 0 Å². The minimum atomic E-state index is -1.09. The summed E-state index contributed by atoms with van der Waals surface area (Å²) in [5, 5.41) is 17.4. The summed E-state index contributed by atoms with van der Waals surface area (Å²) in [6, 6.07) is 0. The van der Waals surface area contributed by atoms with Crippen molar-refractivity contribution in [1.82, 2.24) is 0 Å². The quantitative estimate of drug-likeness (QED) is 0.435. The van der Waals surface area contributed by atoms with Crippen LogP contribution in [-0.4, -0.2) is 53.2 Å². The molecule has 2 unspecified atom stereocenters. The van der Waals surface area contributed by atoms with E-state index < -0.39 is 17.9 Å². The van der Waals surface area contributed by atoms with Gasteiger partial charge in [-0.2, -0.15) is 11.8 Å². The average molecular weight is 280 g/mol. The molecular weight excluding hydrogens is 260 g/mol. The van der Waals surface area contributed by atoms with Crippen molar-refractivity contribution in [2.24, 2.45) is 5.92 Å². The summed E-state index contributed by atoms with van der Waals surface area (Å²) >= 11 is 1.37. The number of ether oxygens (including phenoxy) is 2. The Morgan fingerprint density at radius 1 is 1.28 bits per heavy atom. The SMILES string of the molecule is CCOC(C)OCCSCC(CC(=O)O)C(=O)O. The van der Waals surface area contributed by atoms with Crippen LogP contribution in [0.3, 0.4) is 0 Å². The van der Waals surface area contributed by atoms with Crippen molar-refractivity contribution in [2.75, 3.05) is 24.7 Å². The van der Waals surface area contributed by atoms with Gasteiger partial charge in [0.05, 0.1) is 18.9 Å². The number of hydrogen-bond acceptors (Lipinski definition) is 5. The summed E-state index contributed by atoms with van der Waals surface area (Å²) < 4.78 is 10.5. The van der Waals surface area contributed by atoms with Gasteiger partial charge in [0.1, 0.15) is 0 Å². The predicted molar refractivity (Wildman–Crippen MR) is 67.7 cm³/mol. The zero-order valence-electron chi connectivity index (χ0n) is 10.6. The molecule has 0 fully saturated rings. The second kappa shape index (κ2) is 10.2. The molecule has 0 aliphatic rings. The lowest BCUT2D eigenvalue weighted by Gasteiger charge is -2.13. The zero-order chi connectivity index (χ0) is 14.0. The van der Waals surface area contributed by atoms with E-state index >= 15 is 0 Å². The molecule has 0 heterocycles. The summed E-state index contributed by atoms with van der Waals surface area (Å²) in [5.74, 6) is -2.14. The van der Waals surface area contributed by atoms with Gasteiger partial charge in [0.15, 0.2) is 6.29 Å². The molecule has 0 saturated carbocycles. The lowest BCUT2D eigenvalue weighted by Crippen LogP contribution is -2.21. The molecule has 0 rings (SSSR count). The first kappa shape index (κ1) is 17.2. The van der Waals surface area contributed by atoms with Crippen LogP contribution in [0.15, 0.2) is 0 Å². The second-order valence-corrected chi connectivity index (χ2v) is 4.75. The Bertz CT molecular complexity index is 258. The third kappa shape index (κ3) is 9.26. The molecule has 0 aromatic carbocycles. The Labute approximate surface area is 111 Å². The Hall–Kier alpha value is -0.790. The smallest absolute Gasteiger partial charge is 0.307 e. The van der Waals surface area contributed by atoms with E-state index in [1.807, 2.05) is 6.92 Å². The second-order valence-electron chi connectivity index (χ2n) is 3.60. The maximum absolute atomic E-state index is 10.8. The van der Waals surface area contributed by atoms with Crippen LogP contribution in [0.2, 0.25) is 0 Å². The average Bonchev–Trinajstić information content (AvgIpc) is 2.26. The minimum absolute atomic E-state index is 0.272. The molecule has 0 aromatic rings. The summed E-state index contributed by atoms with van der Waals surface area (Å²) in [6.07, 6.45) is -0.622. The summed E-state index contributed by atoms with van der Waals surface area (Å²) in [6.45, 7) is 4.69. The van der Waals surface area contributed by atoms with Crippen molar-refractivity contribution in [3.8, 4) is 0 Å². The van der Waals surface area contributed by atoms with E-state index in [9.17, 15) is 9.59 Å². The molecule has 2 N–H and O–H groups in total. The van der Waals surface area contributed by atoms with Crippen LogP contribution in [0.25, 0.3) is 0 Å². The molecule has 0 aromatic heterocycles. The summed E-state index contributed by atoms with van der Waals surface area (Å²) in [5.41, 5.74) is 0. The van der Waals surface area contributed by atoms with Crippen LogP contribution in [0.1, 0.15) is 20.3 Å². The fourth-order valence-corrected chi connectivity index (χ4v) is 2.14. The maximum atomic E-state index is 10.8. The van der Waals surface area contributed by atoms with Gasteiger partial charge in [-0.15, -0.1) is 0 Å². The third-order valence-electron chi connectivity index (χ3n) is 2.07. The fourth-order valence-electron chi connectivity index (χ4n) is 1.21. The first-order chi connectivity index (χ1) is 8.47. The third-order valence-corrected chi connectivity index (χ3v) is 3.16. The highest BCUT2D eigenvalue weighted by atomic mass is 32.2. The van der Waals surface area contributed by atoms with Gasteiger partial charge >= 0.3 is 11.9 Å². The molecule has 106 valence electrons. The summed E-state index contributed by atoms with van der Waals surface area (Å²) in [7, 11) is 0. The van der Waals surface area contributed by atoms with Crippen molar-refractivity contribution in [2.45, 2.75) is 26.6 Å². The van der Waals surface area contributed by atoms with Gasteiger partial charge < -0.3 is 19.7 Å². The van der Waals surface area contributed by atoms with E-state index in [1.165, 1.54) is 11.8 Å². The van der Waals surface area contributed by atoms with E-state index in [2.05, 4.69) is 0 Å². The lowest BCUT2D eigenvalue weighted by molar-refractivity contribution is -0.147. The van der Waals surface area contributed by atoms with Crippen LogP contribution in [0.5, 0.6) is 0 Å². The highest BCUT2D eigenvalue weighted by Crippen LogP contribution is 2.13. The van der Waals surface area contributed by atoms with Gasteiger partial charge in [-0.1, -0.05) is 0 Å². The molecule has 0 spiro atoms. The molecule has 0 bridgehead atoms. The van der Waals surface area contributed by atoms with E-state index in [0.717, 1.165) is 0 Å². The molecule has 18 heavy (non-hydrogen) atoms. The van der Waals surface area contributed by atoms with Crippen LogP contribution in [-0.2, 0) is 19.1 Å². The fraction of sp³-hybridized carbons (Fsp3) is 0.818. The molecule has 2 atom stereocenters. The van der Waals surface area contributed by atoms with Gasteiger partial charge in [0.2, 0.25) is 0 Å². The number of aliphatic carboxylic acids is 2. The van der Waals surface area contributed by atoms with Crippen LogP contribution in [0, 0.1) is 5.92 Å². The normalized spacial score (nSPS) is 14.1. The van der Waals surface area contributed by atoms with Gasteiger partial charge in [-0.05, 0) is 13.8 Å². The Balaban J connectivity index is 3.67. The van der Waals surface area contributed by atoms with Gasteiger partial charge in [-0.3, -0.25) is 9.59 Å². The highest BCUT2D eigenvalue weighted by molar-refractivity contribution is 7.99. The lowest BCUT2D eigenvalue weighted by atomic mass is 10.1. The highest BCUT2D eigenvalue weighted by Gasteiger charge is 2.20. The van der Waals surface area contributed by atoms with Crippen LogP contribution >= 0.6 is 11.8 Å². The van der Waals surface area contributed by atoms with E-state index in [4.69, 9.17) is 19.7 Å². The van der Waals surface area contributed by atoms with Gasteiger partial charge in [0, 0.05) is 18.1 Å². The Kier molecular flexibility index (Phi) is 9.72. The monoisotopic (exact) mass is 280 g/mol. The molecule has 0 saturated heterocycles. The van der Waals surface area contributed by atoms with Crippen molar-refractivity contribution < 1.29 is 29.3 Å². The van der Waals surface area contributed by atoms with Gasteiger partial charge in [0.25, 0.3) is 0 Å². The topological polar surface area (TPSA) is 93.1 Å². The Morgan fingerprint density at radius 2 is 1.94 bits per heavy atom. The zero-order valence-corrected chi connectivity index (χ0v) is 11.4. The first-order valence-corrected chi connectivity index (χ1v) is 6.88.